The number of ether oxygens (including phenoxy) is 1. The lowest BCUT2D eigenvalue weighted by Gasteiger charge is -2.21. The first-order valence-corrected chi connectivity index (χ1v) is 6.45. The Morgan fingerprint density at radius 2 is 2.25 bits per heavy atom. The Morgan fingerprint density at radius 3 is 2.81 bits per heavy atom. The molecule has 2 atom stereocenters. The second kappa shape index (κ2) is 5.30. The number of hydrogen-bond acceptors (Lipinski definition) is 2. The van der Waals surface area contributed by atoms with E-state index in [0.29, 0.717) is 12.3 Å². The first-order valence-electron chi connectivity index (χ1n) is 5.66. The van der Waals surface area contributed by atoms with Gasteiger partial charge in [0.05, 0.1) is 12.2 Å². The SMILES string of the molecule is COC(C(O)Cc1cccc(Br)c1)C1CC1. The van der Waals surface area contributed by atoms with Crippen LogP contribution in [0.15, 0.2) is 28.7 Å². The molecule has 0 spiro atoms. The van der Waals surface area contributed by atoms with Gasteiger partial charge in [0.1, 0.15) is 0 Å². The van der Waals surface area contributed by atoms with Crippen LogP contribution in [-0.4, -0.2) is 24.4 Å². The summed E-state index contributed by atoms with van der Waals surface area (Å²) in [5.41, 5.74) is 1.14. The van der Waals surface area contributed by atoms with E-state index in [2.05, 4.69) is 15.9 Å². The second-order valence-electron chi connectivity index (χ2n) is 4.44. The van der Waals surface area contributed by atoms with Gasteiger partial charge < -0.3 is 9.84 Å². The molecule has 16 heavy (non-hydrogen) atoms. The van der Waals surface area contributed by atoms with Crippen molar-refractivity contribution in [3.63, 3.8) is 0 Å². The molecule has 1 aromatic rings. The lowest BCUT2D eigenvalue weighted by molar-refractivity contribution is -0.0237. The first kappa shape index (κ1) is 12.1. The molecule has 2 nitrogen and oxygen atoms in total. The van der Waals surface area contributed by atoms with Gasteiger partial charge in [0, 0.05) is 18.0 Å². The molecule has 1 aliphatic carbocycles. The van der Waals surface area contributed by atoms with Crippen molar-refractivity contribution in [1.29, 1.82) is 0 Å². The van der Waals surface area contributed by atoms with Crippen LogP contribution in [0.5, 0.6) is 0 Å². The third-order valence-electron chi connectivity index (χ3n) is 3.07. The minimum Gasteiger partial charge on any atom is -0.390 e. The average molecular weight is 285 g/mol. The third-order valence-corrected chi connectivity index (χ3v) is 3.57. The molecule has 1 fully saturated rings. The molecular formula is C13H17BrO2. The number of aliphatic hydroxyl groups excluding tert-OH is 1. The Morgan fingerprint density at radius 1 is 1.50 bits per heavy atom. The lowest BCUT2D eigenvalue weighted by atomic mass is 10.0. The lowest BCUT2D eigenvalue weighted by Crippen LogP contribution is -2.31. The maximum absolute atomic E-state index is 10.1. The van der Waals surface area contributed by atoms with Crippen molar-refractivity contribution >= 4 is 15.9 Å². The molecule has 0 aromatic heterocycles. The zero-order valence-corrected chi connectivity index (χ0v) is 11.0. The summed E-state index contributed by atoms with van der Waals surface area (Å²) in [4.78, 5) is 0. The maximum atomic E-state index is 10.1. The summed E-state index contributed by atoms with van der Waals surface area (Å²) >= 11 is 3.43. The van der Waals surface area contributed by atoms with Crippen LogP contribution in [0.25, 0.3) is 0 Å². The first-order chi connectivity index (χ1) is 7.70. The van der Waals surface area contributed by atoms with Crippen LogP contribution in [0.1, 0.15) is 18.4 Å². The number of halogens is 1. The van der Waals surface area contributed by atoms with Crippen molar-refractivity contribution in [2.75, 3.05) is 7.11 Å². The van der Waals surface area contributed by atoms with E-state index in [-0.39, 0.29) is 6.10 Å². The summed E-state index contributed by atoms with van der Waals surface area (Å²) in [6.07, 6.45) is 2.64. The smallest absolute Gasteiger partial charge is 0.0861 e. The van der Waals surface area contributed by atoms with Gasteiger partial charge in [-0.3, -0.25) is 0 Å². The molecule has 1 N–H and O–H groups in total. The maximum Gasteiger partial charge on any atom is 0.0861 e. The largest absolute Gasteiger partial charge is 0.390 e. The Labute approximate surface area is 105 Å². The van der Waals surface area contributed by atoms with Crippen LogP contribution in [0.4, 0.5) is 0 Å². The zero-order valence-electron chi connectivity index (χ0n) is 9.40. The zero-order chi connectivity index (χ0) is 11.5. The summed E-state index contributed by atoms with van der Waals surface area (Å²) < 4.78 is 6.43. The van der Waals surface area contributed by atoms with Gasteiger partial charge in [-0.15, -0.1) is 0 Å². The van der Waals surface area contributed by atoms with Gasteiger partial charge in [-0.05, 0) is 36.5 Å². The highest BCUT2D eigenvalue weighted by molar-refractivity contribution is 9.10. The molecule has 0 radical (unpaired) electrons. The van der Waals surface area contributed by atoms with Crippen LogP contribution in [0.2, 0.25) is 0 Å². The molecular weight excluding hydrogens is 268 g/mol. The molecule has 0 saturated heterocycles. The fraction of sp³-hybridized carbons (Fsp3) is 0.538. The van der Waals surface area contributed by atoms with Crippen LogP contribution in [0, 0.1) is 5.92 Å². The van der Waals surface area contributed by atoms with Crippen molar-refractivity contribution < 1.29 is 9.84 Å². The fourth-order valence-electron chi connectivity index (χ4n) is 2.11. The van der Waals surface area contributed by atoms with Gasteiger partial charge in [-0.1, -0.05) is 28.1 Å². The van der Waals surface area contributed by atoms with Gasteiger partial charge in [-0.25, -0.2) is 0 Å². The fourth-order valence-corrected chi connectivity index (χ4v) is 2.56. The van der Waals surface area contributed by atoms with Crippen molar-refractivity contribution in [3.8, 4) is 0 Å². The van der Waals surface area contributed by atoms with Gasteiger partial charge in [0.25, 0.3) is 0 Å². The molecule has 0 amide bonds. The van der Waals surface area contributed by atoms with E-state index in [9.17, 15) is 5.11 Å². The summed E-state index contributed by atoms with van der Waals surface area (Å²) in [5.74, 6) is 0.562. The molecule has 3 heteroatoms. The second-order valence-corrected chi connectivity index (χ2v) is 5.35. The van der Waals surface area contributed by atoms with Crippen molar-refractivity contribution in [2.24, 2.45) is 5.92 Å². The molecule has 1 saturated carbocycles. The van der Waals surface area contributed by atoms with Gasteiger partial charge in [-0.2, -0.15) is 0 Å². The summed E-state index contributed by atoms with van der Waals surface area (Å²) in [5, 5.41) is 10.1. The summed E-state index contributed by atoms with van der Waals surface area (Å²) in [6.45, 7) is 0. The van der Waals surface area contributed by atoms with Crippen molar-refractivity contribution in [1.82, 2.24) is 0 Å². The Balaban J connectivity index is 1.97. The van der Waals surface area contributed by atoms with E-state index >= 15 is 0 Å². The molecule has 1 aliphatic rings. The molecule has 88 valence electrons. The van der Waals surface area contributed by atoms with Gasteiger partial charge in [0.15, 0.2) is 0 Å². The number of hydrogen-bond donors (Lipinski definition) is 1. The van der Waals surface area contributed by atoms with Gasteiger partial charge in [0.2, 0.25) is 0 Å². The van der Waals surface area contributed by atoms with E-state index in [1.807, 2.05) is 24.3 Å². The predicted molar refractivity (Wildman–Crippen MR) is 67.4 cm³/mol. The topological polar surface area (TPSA) is 29.5 Å². The molecule has 2 rings (SSSR count). The summed E-state index contributed by atoms with van der Waals surface area (Å²) in [6, 6.07) is 8.06. The van der Waals surface area contributed by atoms with Crippen LogP contribution < -0.4 is 0 Å². The highest BCUT2D eigenvalue weighted by Crippen LogP contribution is 2.36. The molecule has 2 unspecified atom stereocenters. The summed E-state index contributed by atoms with van der Waals surface area (Å²) in [7, 11) is 1.69. The molecule has 0 bridgehead atoms. The van der Waals surface area contributed by atoms with E-state index in [4.69, 9.17) is 4.74 Å². The van der Waals surface area contributed by atoms with Gasteiger partial charge >= 0.3 is 0 Å². The number of aliphatic hydroxyl groups is 1. The quantitative estimate of drug-likeness (QED) is 0.901. The third kappa shape index (κ3) is 3.06. The Hall–Kier alpha value is -0.380. The van der Waals surface area contributed by atoms with Crippen LogP contribution in [0.3, 0.4) is 0 Å². The molecule has 0 heterocycles. The Kier molecular flexibility index (Phi) is 4.00. The highest BCUT2D eigenvalue weighted by Gasteiger charge is 2.35. The average Bonchev–Trinajstić information content (AvgIpc) is 3.03. The van der Waals surface area contributed by atoms with E-state index in [1.165, 1.54) is 12.8 Å². The van der Waals surface area contributed by atoms with E-state index in [0.717, 1.165) is 10.0 Å². The minimum atomic E-state index is -0.396. The Bertz CT molecular complexity index is 350. The van der Waals surface area contributed by atoms with Crippen molar-refractivity contribution in [2.45, 2.75) is 31.5 Å². The minimum absolute atomic E-state index is 0.000943. The monoisotopic (exact) mass is 284 g/mol. The van der Waals surface area contributed by atoms with Crippen LogP contribution in [-0.2, 0) is 11.2 Å². The van der Waals surface area contributed by atoms with E-state index in [1.54, 1.807) is 7.11 Å². The highest BCUT2D eigenvalue weighted by atomic mass is 79.9. The number of rotatable bonds is 5. The standard InChI is InChI=1S/C13H17BrO2/c1-16-13(10-5-6-10)12(15)8-9-3-2-4-11(14)7-9/h2-4,7,10,12-13,15H,5-6,8H2,1H3. The number of methoxy groups -OCH3 is 1. The van der Waals surface area contributed by atoms with E-state index < -0.39 is 6.10 Å². The van der Waals surface area contributed by atoms with Crippen molar-refractivity contribution in [3.05, 3.63) is 34.3 Å². The molecule has 0 aliphatic heterocycles. The predicted octanol–water partition coefficient (Wildman–Crippen LogP) is 2.78. The molecule has 1 aromatic carbocycles. The van der Waals surface area contributed by atoms with Crippen LogP contribution >= 0.6 is 15.9 Å². The number of benzene rings is 1. The normalized spacial score (nSPS) is 19.4.